The Hall–Kier alpha value is -2.28. The summed E-state index contributed by atoms with van der Waals surface area (Å²) >= 11 is 0. The average molecular weight is 442 g/mol. The third kappa shape index (κ3) is 5.94. The van der Waals surface area contributed by atoms with E-state index in [9.17, 15) is 4.79 Å². The monoisotopic (exact) mass is 441 g/mol. The van der Waals surface area contributed by atoms with E-state index in [4.69, 9.17) is 4.74 Å². The van der Waals surface area contributed by atoms with Crippen LogP contribution in [-0.2, 0) is 4.79 Å². The molecule has 1 unspecified atom stereocenters. The molecule has 1 aliphatic carbocycles. The van der Waals surface area contributed by atoms with Crippen molar-refractivity contribution in [2.24, 2.45) is 4.99 Å². The first kappa shape index (κ1) is 22.9. The SMILES string of the molecule is CN(C)C(=O)CN=C(NC1CCN(C2CCCCC2)CC1)NC1CCOc2ccccc21. The lowest BCUT2D eigenvalue weighted by molar-refractivity contribution is -0.127. The third-order valence-electron chi connectivity index (χ3n) is 7.10. The fourth-order valence-electron chi connectivity index (χ4n) is 5.13. The summed E-state index contributed by atoms with van der Waals surface area (Å²) in [5, 5.41) is 7.26. The molecule has 1 aromatic carbocycles. The van der Waals surface area contributed by atoms with Gasteiger partial charge >= 0.3 is 0 Å². The van der Waals surface area contributed by atoms with Gasteiger partial charge in [0.2, 0.25) is 5.91 Å². The number of rotatable bonds is 5. The summed E-state index contributed by atoms with van der Waals surface area (Å²) in [6.45, 7) is 3.12. The maximum absolute atomic E-state index is 12.2. The zero-order valence-corrected chi connectivity index (χ0v) is 19.7. The van der Waals surface area contributed by atoms with Crippen molar-refractivity contribution >= 4 is 11.9 Å². The Morgan fingerprint density at radius 1 is 1.06 bits per heavy atom. The Kier molecular flexibility index (Phi) is 7.90. The predicted molar refractivity (Wildman–Crippen MR) is 128 cm³/mol. The number of ether oxygens (including phenoxy) is 1. The van der Waals surface area contributed by atoms with Crippen LogP contribution >= 0.6 is 0 Å². The van der Waals surface area contributed by atoms with Gasteiger partial charge in [-0.2, -0.15) is 0 Å². The van der Waals surface area contributed by atoms with E-state index in [1.807, 2.05) is 18.2 Å². The number of para-hydroxylation sites is 1. The zero-order valence-electron chi connectivity index (χ0n) is 19.7. The Morgan fingerprint density at radius 2 is 1.81 bits per heavy atom. The molecule has 1 saturated carbocycles. The number of benzene rings is 1. The molecule has 0 bridgehead atoms. The second kappa shape index (κ2) is 11.0. The van der Waals surface area contributed by atoms with Gasteiger partial charge in [-0.1, -0.05) is 37.5 Å². The molecule has 1 atom stereocenters. The molecule has 2 fully saturated rings. The van der Waals surface area contributed by atoms with Crippen LogP contribution in [0.1, 0.15) is 63.0 Å². The quantitative estimate of drug-likeness (QED) is 0.543. The van der Waals surface area contributed by atoms with Crippen molar-refractivity contribution < 1.29 is 9.53 Å². The van der Waals surface area contributed by atoms with Crippen LogP contribution in [0.2, 0.25) is 0 Å². The molecule has 4 rings (SSSR count). The number of aliphatic imine (C=N–C) groups is 1. The minimum absolute atomic E-state index is 0.00518. The van der Waals surface area contributed by atoms with Gasteiger partial charge in [0.25, 0.3) is 0 Å². The number of likely N-dealkylation sites (N-methyl/N-ethyl adjacent to an activating group) is 1. The molecule has 0 aromatic heterocycles. The molecule has 2 N–H and O–H groups in total. The maximum atomic E-state index is 12.2. The van der Waals surface area contributed by atoms with E-state index in [1.54, 1.807) is 19.0 Å². The van der Waals surface area contributed by atoms with Gasteiger partial charge < -0.3 is 25.2 Å². The molecule has 176 valence electrons. The largest absolute Gasteiger partial charge is 0.493 e. The second-order valence-corrected chi connectivity index (χ2v) is 9.57. The summed E-state index contributed by atoms with van der Waals surface area (Å²) < 4.78 is 5.82. The van der Waals surface area contributed by atoms with Crippen LogP contribution < -0.4 is 15.4 Å². The number of likely N-dealkylation sites (tertiary alicyclic amines) is 1. The average Bonchev–Trinajstić information content (AvgIpc) is 2.83. The van der Waals surface area contributed by atoms with Gasteiger partial charge in [-0.05, 0) is 31.7 Å². The van der Waals surface area contributed by atoms with Crippen LogP contribution in [0.25, 0.3) is 0 Å². The van der Waals surface area contributed by atoms with Gasteiger partial charge in [0.1, 0.15) is 12.3 Å². The van der Waals surface area contributed by atoms with E-state index in [2.05, 4.69) is 26.6 Å². The summed E-state index contributed by atoms with van der Waals surface area (Å²) in [6.07, 6.45) is 10.0. The Morgan fingerprint density at radius 3 is 2.56 bits per heavy atom. The number of carbonyl (C=O) groups is 1. The maximum Gasteiger partial charge on any atom is 0.243 e. The lowest BCUT2D eigenvalue weighted by atomic mass is 9.92. The zero-order chi connectivity index (χ0) is 22.3. The van der Waals surface area contributed by atoms with E-state index in [0.717, 1.165) is 55.7 Å². The summed E-state index contributed by atoms with van der Waals surface area (Å²) in [7, 11) is 3.54. The van der Waals surface area contributed by atoms with Crippen LogP contribution in [-0.4, -0.2) is 74.1 Å². The normalized spacial score (nSPS) is 23.2. The number of fused-ring (bicyclic) bond motifs is 1. The summed E-state index contributed by atoms with van der Waals surface area (Å²) in [5.74, 6) is 1.67. The minimum Gasteiger partial charge on any atom is -0.493 e. The summed E-state index contributed by atoms with van der Waals surface area (Å²) in [6, 6.07) is 9.47. The first-order valence-corrected chi connectivity index (χ1v) is 12.3. The van der Waals surface area contributed by atoms with Crippen LogP contribution in [0.5, 0.6) is 5.75 Å². The Balaban J connectivity index is 1.39. The highest BCUT2D eigenvalue weighted by atomic mass is 16.5. The van der Waals surface area contributed by atoms with Crippen molar-refractivity contribution in [2.45, 2.75) is 69.5 Å². The Labute approximate surface area is 192 Å². The second-order valence-electron chi connectivity index (χ2n) is 9.57. The van der Waals surface area contributed by atoms with E-state index in [1.165, 1.54) is 32.1 Å². The molecule has 7 nitrogen and oxygen atoms in total. The molecule has 7 heteroatoms. The van der Waals surface area contributed by atoms with Gasteiger partial charge in [0.15, 0.2) is 5.96 Å². The van der Waals surface area contributed by atoms with E-state index in [-0.39, 0.29) is 18.5 Å². The number of hydrogen-bond acceptors (Lipinski definition) is 4. The molecule has 0 spiro atoms. The summed E-state index contributed by atoms with van der Waals surface area (Å²) in [5.41, 5.74) is 1.15. The molecule has 2 heterocycles. The van der Waals surface area contributed by atoms with Crippen molar-refractivity contribution in [1.82, 2.24) is 20.4 Å². The lowest BCUT2D eigenvalue weighted by Crippen LogP contribution is -2.51. The molecule has 0 radical (unpaired) electrons. The van der Waals surface area contributed by atoms with Crippen molar-refractivity contribution in [3.8, 4) is 5.75 Å². The lowest BCUT2D eigenvalue weighted by Gasteiger charge is -2.40. The van der Waals surface area contributed by atoms with Crippen LogP contribution in [0, 0.1) is 0 Å². The molecule has 1 amide bonds. The molecule has 1 saturated heterocycles. The van der Waals surface area contributed by atoms with Crippen LogP contribution in [0.3, 0.4) is 0 Å². The molecule has 32 heavy (non-hydrogen) atoms. The number of carbonyl (C=O) groups excluding carboxylic acids is 1. The van der Waals surface area contributed by atoms with Crippen LogP contribution in [0.4, 0.5) is 0 Å². The first-order valence-electron chi connectivity index (χ1n) is 12.3. The highest BCUT2D eigenvalue weighted by Crippen LogP contribution is 2.31. The highest BCUT2D eigenvalue weighted by Gasteiger charge is 2.28. The minimum atomic E-state index is 0.00518. The van der Waals surface area contributed by atoms with E-state index in [0.29, 0.717) is 12.6 Å². The van der Waals surface area contributed by atoms with Crippen molar-refractivity contribution in [2.75, 3.05) is 40.3 Å². The number of nitrogens with one attached hydrogen (secondary N) is 2. The van der Waals surface area contributed by atoms with Crippen molar-refractivity contribution in [3.05, 3.63) is 29.8 Å². The number of piperidine rings is 1. The Bertz CT molecular complexity index is 782. The van der Waals surface area contributed by atoms with Gasteiger partial charge in [-0.3, -0.25) is 4.79 Å². The molecular formula is C25H39N5O2. The number of hydrogen-bond donors (Lipinski definition) is 2. The topological polar surface area (TPSA) is 69.2 Å². The van der Waals surface area contributed by atoms with Crippen molar-refractivity contribution in [1.29, 1.82) is 0 Å². The molecular weight excluding hydrogens is 402 g/mol. The number of amides is 1. The third-order valence-corrected chi connectivity index (χ3v) is 7.10. The highest BCUT2D eigenvalue weighted by molar-refractivity contribution is 5.85. The number of nitrogens with zero attached hydrogens (tertiary/aromatic N) is 3. The van der Waals surface area contributed by atoms with Gasteiger partial charge in [0, 0.05) is 51.3 Å². The van der Waals surface area contributed by atoms with Gasteiger partial charge in [-0.15, -0.1) is 0 Å². The standard InChI is InChI=1S/C25H39N5O2/c1-29(2)24(31)18-26-25(28-22-14-17-32-23-11-7-6-10-21(22)23)27-19-12-15-30(16-13-19)20-8-4-3-5-9-20/h6-7,10-11,19-20,22H,3-5,8-9,12-18H2,1-2H3,(H2,26,27,28). The fourth-order valence-corrected chi connectivity index (χ4v) is 5.13. The summed E-state index contributed by atoms with van der Waals surface area (Å²) in [4.78, 5) is 21.1. The predicted octanol–water partition coefficient (Wildman–Crippen LogP) is 2.93. The van der Waals surface area contributed by atoms with Gasteiger partial charge in [0.05, 0.1) is 12.6 Å². The van der Waals surface area contributed by atoms with E-state index < -0.39 is 0 Å². The molecule has 3 aliphatic rings. The smallest absolute Gasteiger partial charge is 0.243 e. The molecule has 1 aromatic rings. The van der Waals surface area contributed by atoms with E-state index >= 15 is 0 Å². The first-order chi connectivity index (χ1) is 15.6. The molecule has 2 aliphatic heterocycles. The number of guanidine groups is 1. The fraction of sp³-hybridized carbons (Fsp3) is 0.680. The van der Waals surface area contributed by atoms with Crippen LogP contribution in [0.15, 0.2) is 29.3 Å². The van der Waals surface area contributed by atoms with Crippen molar-refractivity contribution in [3.63, 3.8) is 0 Å². The van der Waals surface area contributed by atoms with Gasteiger partial charge in [-0.25, -0.2) is 4.99 Å².